The molecule has 0 unspecified atom stereocenters. The predicted octanol–water partition coefficient (Wildman–Crippen LogP) is 1.50. The lowest BCUT2D eigenvalue weighted by Gasteiger charge is -1.99. The second kappa shape index (κ2) is 5.25. The largest absolute Gasteiger partial charge is 0.360 e. The van der Waals surface area contributed by atoms with Crippen LogP contribution in [0.3, 0.4) is 0 Å². The first-order chi connectivity index (χ1) is 7.79. The molecule has 1 aliphatic carbocycles. The Morgan fingerprint density at radius 2 is 2.31 bits per heavy atom. The van der Waals surface area contributed by atoms with E-state index in [1.54, 1.807) is 0 Å². The number of hydrogen-bond donors (Lipinski definition) is 2. The molecule has 1 amide bonds. The van der Waals surface area contributed by atoms with Crippen molar-refractivity contribution in [2.75, 3.05) is 18.4 Å². The molecule has 16 heavy (non-hydrogen) atoms. The van der Waals surface area contributed by atoms with Crippen molar-refractivity contribution in [2.24, 2.45) is 5.92 Å². The Morgan fingerprint density at radius 1 is 1.50 bits per heavy atom. The zero-order chi connectivity index (χ0) is 11.4. The average Bonchev–Trinajstić information content (AvgIpc) is 3.00. The van der Waals surface area contributed by atoms with E-state index < -0.39 is 0 Å². The first-order valence-corrected chi connectivity index (χ1v) is 6.47. The van der Waals surface area contributed by atoms with Gasteiger partial charge in [0.1, 0.15) is 0 Å². The van der Waals surface area contributed by atoms with Crippen LogP contribution >= 0.6 is 11.3 Å². The number of aromatic nitrogens is 2. The molecule has 1 saturated carbocycles. The molecule has 0 aromatic carbocycles. The van der Waals surface area contributed by atoms with E-state index in [2.05, 4.69) is 27.8 Å². The van der Waals surface area contributed by atoms with E-state index in [1.165, 1.54) is 24.2 Å². The smallest absolute Gasteiger partial charge is 0.282 e. The van der Waals surface area contributed by atoms with Crippen molar-refractivity contribution in [1.82, 2.24) is 15.5 Å². The average molecular weight is 240 g/mol. The topological polar surface area (TPSA) is 66.9 Å². The minimum absolute atomic E-state index is 0.103. The first-order valence-electron chi connectivity index (χ1n) is 5.65. The monoisotopic (exact) mass is 240 g/mol. The Balaban J connectivity index is 1.82. The normalized spacial score (nSPS) is 14.8. The SMILES string of the molecule is CCCNc1nnc(C(=O)NCC2CC2)s1. The first kappa shape index (κ1) is 11.3. The summed E-state index contributed by atoms with van der Waals surface area (Å²) in [4.78, 5) is 11.6. The van der Waals surface area contributed by atoms with Crippen molar-refractivity contribution in [1.29, 1.82) is 0 Å². The van der Waals surface area contributed by atoms with Gasteiger partial charge in [0.2, 0.25) is 10.1 Å². The standard InChI is InChI=1S/C10H16N4OS/c1-2-5-11-10-14-13-9(16-10)8(15)12-6-7-3-4-7/h7H,2-6H2,1H3,(H,11,14)(H,12,15). The number of carbonyl (C=O) groups is 1. The van der Waals surface area contributed by atoms with Crippen LogP contribution in [0.5, 0.6) is 0 Å². The summed E-state index contributed by atoms with van der Waals surface area (Å²) in [6.07, 6.45) is 3.50. The zero-order valence-corrected chi connectivity index (χ0v) is 10.1. The van der Waals surface area contributed by atoms with E-state index in [0.29, 0.717) is 10.9 Å². The Bertz CT molecular complexity index is 361. The second-order valence-electron chi connectivity index (χ2n) is 3.99. The fourth-order valence-electron chi connectivity index (χ4n) is 1.25. The van der Waals surface area contributed by atoms with E-state index in [0.717, 1.165) is 24.6 Å². The molecule has 1 fully saturated rings. The van der Waals surface area contributed by atoms with E-state index >= 15 is 0 Å². The molecule has 0 radical (unpaired) electrons. The maximum absolute atomic E-state index is 11.6. The molecule has 1 heterocycles. The van der Waals surface area contributed by atoms with Gasteiger partial charge in [-0.25, -0.2) is 0 Å². The Morgan fingerprint density at radius 3 is 3.00 bits per heavy atom. The summed E-state index contributed by atoms with van der Waals surface area (Å²) in [5.41, 5.74) is 0. The molecule has 0 spiro atoms. The van der Waals surface area contributed by atoms with Crippen LogP contribution in [-0.4, -0.2) is 29.2 Å². The number of amides is 1. The van der Waals surface area contributed by atoms with Crippen LogP contribution in [0.15, 0.2) is 0 Å². The number of carbonyl (C=O) groups excluding carboxylic acids is 1. The summed E-state index contributed by atoms with van der Waals surface area (Å²) in [5.74, 6) is 0.587. The molecule has 0 bridgehead atoms. The molecule has 1 aromatic rings. The van der Waals surface area contributed by atoms with Crippen LogP contribution in [0.25, 0.3) is 0 Å². The van der Waals surface area contributed by atoms with Gasteiger partial charge < -0.3 is 10.6 Å². The molecule has 2 N–H and O–H groups in total. The van der Waals surface area contributed by atoms with Crippen molar-refractivity contribution in [3.63, 3.8) is 0 Å². The summed E-state index contributed by atoms with van der Waals surface area (Å²) < 4.78 is 0. The molecular formula is C10H16N4OS. The fraction of sp³-hybridized carbons (Fsp3) is 0.700. The third kappa shape index (κ3) is 3.16. The van der Waals surface area contributed by atoms with Gasteiger partial charge in [0.15, 0.2) is 0 Å². The highest BCUT2D eigenvalue weighted by Crippen LogP contribution is 2.27. The number of anilines is 1. The molecule has 88 valence electrons. The molecule has 0 saturated heterocycles. The van der Waals surface area contributed by atoms with Gasteiger partial charge in [0, 0.05) is 13.1 Å². The lowest BCUT2D eigenvalue weighted by molar-refractivity contribution is 0.0950. The Kier molecular flexibility index (Phi) is 3.71. The van der Waals surface area contributed by atoms with Crippen LogP contribution in [0.2, 0.25) is 0 Å². The van der Waals surface area contributed by atoms with Gasteiger partial charge in [-0.3, -0.25) is 4.79 Å². The molecule has 0 aliphatic heterocycles. The van der Waals surface area contributed by atoms with Crippen molar-refractivity contribution < 1.29 is 4.79 Å². The van der Waals surface area contributed by atoms with E-state index in [4.69, 9.17) is 0 Å². The van der Waals surface area contributed by atoms with Crippen LogP contribution in [0.4, 0.5) is 5.13 Å². The minimum Gasteiger partial charge on any atom is -0.360 e. The maximum atomic E-state index is 11.6. The van der Waals surface area contributed by atoms with Gasteiger partial charge in [-0.1, -0.05) is 18.3 Å². The van der Waals surface area contributed by atoms with Gasteiger partial charge in [0.25, 0.3) is 5.91 Å². The zero-order valence-electron chi connectivity index (χ0n) is 9.32. The van der Waals surface area contributed by atoms with Gasteiger partial charge >= 0.3 is 0 Å². The highest BCUT2D eigenvalue weighted by Gasteiger charge is 2.22. The Hall–Kier alpha value is -1.17. The highest BCUT2D eigenvalue weighted by atomic mass is 32.1. The van der Waals surface area contributed by atoms with E-state index in [1.807, 2.05) is 0 Å². The second-order valence-corrected chi connectivity index (χ2v) is 4.97. The third-order valence-corrected chi connectivity index (χ3v) is 3.27. The van der Waals surface area contributed by atoms with Crippen LogP contribution in [0, 0.1) is 5.92 Å². The number of nitrogens with one attached hydrogen (secondary N) is 2. The predicted molar refractivity (Wildman–Crippen MR) is 63.7 cm³/mol. The number of rotatable bonds is 6. The molecule has 1 aliphatic rings. The fourth-order valence-corrected chi connectivity index (χ4v) is 1.94. The van der Waals surface area contributed by atoms with Gasteiger partial charge in [-0.2, -0.15) is 0 Å². The summed E-state index contributed by atoms with van der Waals surface area (Å²) >= 11 is 1.31. The third-order valence-electron chi connectivity index (χ3n) is 2.39. The van der Waals surface area contributed by atoms with Gasteiger partial charge in [-0.05, 0) is 25.2 Å². The van der Waals surface area contributed by atoms with Crippen molar-refractivity contribution in [3.05, 3.63) is 5.01 Å². The van der Waals surface area contributed by atoms with Gasteiger partial charge in [0.05, 0.1) is 0 Å². The lowest BCUT2D eigenvalue weighted by Crippen LogP contribution is -2.25. The van der Waals surface area contributed by atoms with Gasteiger partial charge in [-0.15, -0.1) is 10.2 Å². The molecule has 6 heteroatoms. The van der Waals surface area contributed by atoms with Crippen LogP contribution in [0.1, 0.15) is 36.0 Å². The maximum Gasteiger partial charge on any atom is 0.282 e. The summed E-state index contributed by atoms with van der Waals surface area (Å²) in [7, 11) is 0. The molecule has 2 rings (SSSR count). The summed E-state index contributed by atoms with van der Waals surface area (Å²) in [6.45, 7) is 3.71. The van der Waals surface area contributed by atoms with Crippen molar-refractivity contribution in [3.8, 4) is 0 Å². The lowest BCUT2D eigenvalue weighted by atomic mass is 10.4. The van der Waals surface area contributed by atoms with E-state index in [-0.39, 0.29) is 5.91 Å². The van der Waals surface area contributed by atoms with Crippen molar-refractivity contribution in [2.45, 2.75) is 26.2 Å². The summed E-state index contributed by atoms with van der Waals surface area (Å²) in [6, 6.07) is 0. The number of nitrogens with zero attached hydrogens (tertiary/aromatic N) is 2. The molecular weight excluding hydrogens is 224 g/mol. The Labute approximate surface area is 98.7 Å². The van der Waals surface area contributed by atoms with E-state index in [9.17, 15) is 4.79 Å². The molecule has 0 atom stereocenters. The number of hydrogen-bond acceptors (Lipinski definition) is 5. The van der Waals surface area contributed by atoms with Crippen LogP contribution < -0.4 is 10.6 Å². The van der Waals surface area contributed by atoms with Crippen molar-refractivity contribution >= 4 is 22.4 Å². The highest BCUT2D eigenvalue weighted by molar-refractivity contribution is 7.17. The quantitative estimate of drug-likeness (QED) is 0.790. The molecule has 1 aromatic heterocycles. The summed E-state index contributed by atoms with van der Waals surface area (Å²) in [5, 5.41) is 14.9. The molecule has 5 nitrogen and oxygen atoms in total. The van der Waals surface area contributed by atoms with Crippen LogP contribution in [-0.2, 0) is 0 Å². The minimum atomic E-state index is -0.103.